The Morgan fingerprint density at radius 1 is 0.623 bits per heavy atom. The number of aliphatic carboxylic acids is 1. The van der Waals surface area contributed by atoms with Crippen molar-refractivity contribution < 1.29 is 24.5 Å². The Labute approximate surface area is 323 Å². The van der Waals surface area contributed by atoms with E-state index in [4.69, 9.17) is 4.74 Å². The molecule has 0 spiro atoms. The number of ether oxygens (including phenoxy) is 1. The van der Waals surface area contributed by atoms with E-state index in [2.05, 4.69) is 41.5 Å². The molecule has 8 aliphatic rings. The zero-order valence-electron chi connectivity index (χ0n) is 34.8. The third-order valence-corrected chi connectivity index (χ3v) is 20.7. The molecule has 0 aromatic carbocycles. The summed E-state index contributed by atoms with van der Waals surface area (Å²) in [7, 11) is 0. The topological polar surface area (TPSA) is 83.8 Å². The van der Waals surface area contributed by atoms with Gasteiger partial charge in [-0.3, -0.25) is 9.59 Å². The van der Waals surface area contributed by atoms with Gasteiger partial charge in [0.15, 0.2) is 0 Å². The van der Waals surface area contributed by atoms with Crippen LogP contribution in [0.5, 0.6) is 0 Å². The zero-order chi connectivity index (χ0) is 37.5. The maximum Gasteiger partial charge on any atom is 0.306 e. The Kier molecular flexibility index (Phi) is 10.5. The highest BCUT2D eigenvalue weighted by Crippen LogP contribution is 2.70. The molecule has 0 bridgehead atoms. The van der Waals surface area contributed by atoms with Crippen molar-refractivity contribution in [3.05, 3.63) is 0 Å². The number of fused-ring (bicyclic) bond motifs is 10. The van der Waals surface area contributed by atoms with Gasteiger partial charge in [0.1, 0.15) is 6.10 Å². The summed E-state index contributed by atoms with van der Waals surface area (Å²) >= 11 is 0. The first kappa shape index (κ1) is 38.8. The van der Waals surface area contributed by atoms with Crippen LogP contribution in [-0.2, 0) is 14.3 Å². The third kappa shape index (κ3) is 6.40. The van der Waals surface area contributed by atoms with Crippen LogP contribution in [0.1, 0.15) is 183 Å². The van der Waals surface area contributed by atoms with E-state index in [1.165, 1.54) is 89.9 Å². The molecule has 8 aliphatic carbocycles. The van der Waals surface area contributed by atoms with E-state index in [0.717, 1.165) is 68.1 Å². The van der Waals surface area contributed by atoms with Crippen molar-refractivity contribution in [3.63, 3.8) is 0 Å². The molecule has 8 saturated carbocycles. The fourth-order valence-electron chi connectivity index (χ4n) is 17.9. The van der Waals surface area contributed by atoms with Crippen molar-refractivity contribution in [2.45, 2.75) is 195 Å². The number of carboxylic acids is 1. The number of hydrogen-bond acceptors (Lipinski definition) is 4. The Morgan fingerprint density at radius 2 is 1.21 bits per heavy atom. The Morgan fingerprint density at radius 3 is 1.92 bits per heavy atom. The molecule has 0 amide bonds. The molecule has 300 valence electrons. The molecular weight excluding hydrogens is 657 g/mol. The van der Waals surface area contributed by atoms with Gasteiger partial charge >= 0.3 is 11.9 Å². The molecule has 0 radical (unpaired) electrons. The fourth-order valence-corrected chi connectivity index (χ4v) is 17.9. The third-order valence-electron chi connectivity index (χ3n) is 20.7. The van der Waals surface area contributed by atoms with Crippen molar-refractivity contribution in [3.8, 4) is 0 Å². The highest BCUT2D eigenvalue weighted by molar-refractivity contribution is 5.69. The Balaban J connectivity index is 0.840. The van der Waals surface area contributed by atoms with E-state index in [-0.39, 0.29) is 35.4 Å². The molecule has 0 saturated heterocycles. The van der Waals surface area contributed by atoms with Crippen LogP contribution in [0.25, 0.3) is 0 Å². The maximum absolute atomic E-state index is 13.5. The molecule has 0 aromatic heterocycles. The van der Waals surface area contributed by atoms with E-state index in [0.29, 0.717) is 58.7 Å². The SMILES string of the molecule is C[C@H](CCC(=O)O)[C@H]1CC[C@H]2[C@@H]3[C@@H](O)CC4C[C@@H](OC(=O)CC[C@@H](C)[C@H]5CCC6C7CCC8CCCC[C@]8(C)C7CC[C@@]65C)CC[C@]4(C)[C@H]3CC[C@]12C. The van der Waals surface area contributed by atoms with Gasteiger partial charge in [-0.25, -0.2) is 0 Å². The molecule has 8 rings (SSSR count). The van der Waals surface area contributed by atoms with Gasteiger partial charge in [-0.05, 0) is 208 Å². The number of esters is 1. The molecule has 18 atom stereocenters. The maximum atomic E-state index is 13.5. The summed E-state index contributed by atoms with van der Waals surface area (Å²) in [5.41, 5.74) is 1.46. The summed E-state index contributed by atoms with van der Waals surface area (Å²) in [6, 6.07) is 0. The fraction of sp³-hybridized carbons (Fsp3) is 0.958. The van der Waals surface area contributed by atoms with Crippen LogP contribution in [-0.4, -0.2) is 34.4 Å². The van der Waals surface area contributed by atoms with Crippen LogP contribution >= 0.6 is 0 Å². The summed E-state index contributed by atoms with van der Waals surface area (Å²) in [5.74, 6) is 7.23. The lowest BCUT2D eigenvalue weighted by atomic mass is 9.43. The minimum absolute atomic E-state index is 0.000584. The number of rotatable bonds is 9. The minimum atomic E-state index is -0.684. The predicted octanol–water partition coefficient (Wildman–Crippen LogP) is 11.5. The van der Waals surface area contributed by atoms with E-state index < -0.39 is 5.97 Å². The highest BCUT2D eigenvalue weighted by Gasteiger charge is 2.64. The van der Waals surface area contributed by atoms with Gasteiger partial charge in [0.05, 0.1) is 6.10 Å². The monoisotopic (exact) mass is 735 g/mol. The molecule has 8 fully saturated rings. The molecule has 0 aliphatic heterocycles. The largest absolute Gasteiger partial charge is 0.481 e. The number of aliphatic hydroxyl groups is 1. The summed E-state index contributed by atoms with van der Waals surface area (Å²) in [5, 5.41) is 21.2. The number of aliphatic hydroxyl groups excluding tert-OH is 1. The molecule has 5 nitrogen and oxygen atoms in total. The van der Waals surface area contributed by atoms with E-state index in [1.807, 2.05) is 0 Å². The van der Waals surface area contributed by atoms with Crippen LogP contribution in [0, 0.1) is 92.7 Å². The summed E-state index contributed by atoms with van der Waals surface area (Å²) in [4.78, 5) is 24.8. The number of carboxylic acid groups (broad SMARTS) is 1. The second kappa shape index (κ2) is 14.4. The Bertz CT molecular complexity index is 1360. The van der Waals surface area contributed by atoms with Gasteiger partial charge < -0.3 is 14.9 Å². The molecule has 2 N–H and O–H groups in total. The standard InChI is InChI=1S/C48H78O5/c1-29(10-18-42(50)51)36-15-17-39-44-40(22-26-48(36,39)6)46(4)24-20-33(27-32(46)28-41(44)49)53-43(52)19-11-30(2)35-14-16-37-34-13-12-31-9-7-8-23-45(31,3)38(34)21-25-47(35,37)5/h29-41,44,49H,7-28H2,1-6H3,(H,50,51)/t29-,30-,31?,32?,33+,34?,35-,36-,37?,38?,39+,40+,41+,44+,45+,46+,47-,48-/m1/s1. The smallest absolute Gasteiger partial charge is 0.306 e. The first-order valence-electron chi connectivity index (χ1n) is 23.3. The van der Waals surface area contributed by atoms with Crippen LogP contribution in [0.3, 0.4) is 0 Å². The second-order valence-electron chi connectivity index (χ2n) is 22.5. The molecule has 53 heavy (non-hydrogen) atoms. The number of carbonyl (C=O) groups is 2. The van der Waals surface area contributed by atoms with E-state index in [1.54, 1.807) is 0 Å². The van der Waals surface area contributed by atoms with Crippen molar-refractivity contribution in [2.75, 3.05) is 0 Å². The van der Waals surface area contributed by atoms with Crippen LogP contribution in [0.2, 0.25) is 0 Å². The first-order valence-corrected chi connectivity index (χ1v) is 23.3. The van der Waals surface area contributed by atoms with Gasteiger partial charge in [-0.2, -0.15) is 0 Å². The lowest BCUT2D eigenvalue weighted by molar-refractivity contribution is -0.183. The van der Waals surface area contributed by atoms with Gasteiger partial charge in [0, 0.05) is 12.8 Å². The van der Waals surface area contributed by atoms with Gasteiger partial charge in [0.2, 0.25) is 0 Å². The highest BCUT2D eigenvalue weighted by atomic mass is 16.5. The molecule has 5 unspecified atom stereocenters. The van der Waals surface area contributed by atoms with Gasteiger partial charge in [-0.15, -0.1) is 0 Å². The quantitative estimate of drug-likeness (QED) is 0.230. The first-order chi connectivity index (χ1) is 25.2. The van der Waals surface area contributed by atoms with Crippen LogP contribution in [0.4, 0.5) is 0 Å². The number of carbonyl (C=O) groups excluding carboxylic acids is 1. The predicted molar refractivity (Wildman–Crippen MR) is 211 cm³/mol. The Hall–Kier alpha value is -1.10. The van der Waals surface area contributed by atoms with Crippen LogP contribution in [0.15, 0.2) is 0 Å². The minimum Gasteiger partial charge on any atom is -0.481 e. The molecular formula is C48H78O5. The van der Waals surface area contributed by atoms with E-state index in [9.17, 15) is 19.8 Å². The van der Waals surface area contributed by atoms with Crippen molar-refractivity contribution in [2.24, 2.45) is 92.7 Å². The lowest BCUT2D eigenvalue weighted by Crippen LogP contribution is -2.58. The average Bonchev–Trinajstić information content (AvgIpc) is 3.67. The zero-order valence-corrected chi connectivity index (χ0v) is 34.8. The van der Waals surface area contributed by atoms with Crippen molar-refractivity contribution in [1.29, 1.82) is 0 Å². The summed E-state index contributed by atoms with van der Waals surface area (Å²) < 4.78 is 6.34. The second-order valence-corrected chi connectivity index (χ2v) is 22.5. The molecule has 0 heterocycles. The van der Waals surface area contributed by atoms with Crippen molar-refractivity contribution in [1.82, 2.24) is 0 Å². The average molecular weight is 735 g/mol. The number of hydrogen-bond donors (Lipinski definition) is 2. The summed E-state index contributed by atoms with van der Waals surface area (Å²) in [6.07, 6.45) is 25.3. The lowest BCUT2D eigenvalue weighted by Gasteiger charge is -2.62. The van der Waals surface area contributed by atoms with E-state index >= 15 is 0 Å². The van der Waals surface area contributed by atoms with Crippen LogP contribution < -0.4 is 0 Å². The van der Waals surface area contributed by atoms with Crippen molar-refractivity contribution >= 4 is 11.9 Å². The summed E-state index contributed by atoms with van der Waals surface area (Å²) in [6.45, 7) is 15.1. The molecule has 0 aromatic rings. The normalized spacial score (nSPS) is 51.4. The van der Waals surface area contributed by atoms with Gasteiger partial charge in [0.25, 0.3) is 0 Å². The van der Waals surface area contributed by atoms with Gasteiger partial charge in [-0.1, -0.05) is 54.4 Å². The molecule has 5 heteroatoms.